The summed E-state index contributed by atoms with van der Waals surface area (Å²) >= 11 is 0. The maximum Gasteiger partial charge on any atom is 0.329 e. The lowest BCUT2D eigenvalue weighted by Crippen LogP contribution is -2.65. The van der Waals surface area contributed by atoms with E-state index in [0.29, 0.717) is 12.1 Å². The first-order chi connectivity index (χ1) is 8.97. The molecule has 0 spiro atoms. The quantitative estimate of drug-likeness (QED) is 0.799. The van der Waals surface area contributed by atoms with Crippen molar-refractivity contribution in [1.29, 1.82) is 0 Å². The maximum atomic E-state index is 10.5. The molecule has 3 aliphatic rings. The molecule has 0 radical (unpaired) electrons. The van der Waals surface area contributed by atoms with Gasteiger partial charge >= 0.3 is 5.97 Å². The van der Waals surface area contributed by atoms with Gasteiger partial charge in [-0.2, -0.15) is 0 Å². The Labute approximate surface area is 114 Å². The second kappa shape index (κ2) is 4.72. The molecule has 0 aromatic carbocycles. The van der Waals surface area contributed by atoms with Gasteiger partial charge in [0.25, 0.3) is 0 Å². The van der Waals surface area contributed by atoms with E-state index in [1.807, 2.05) is 6.92 Å². The standard InChI is InChI=1S/C14H24N2O3/c1-10-5-12(6-16(10)11-3-4-11)15-8-14(2,9-15)19-7-13(17)18/h10-12H,3-9H2,1-2H3,(H,17,18). The molecule has 1 saturated carbocycles. The minimum absolute atomic E-state index is 0.181. The first kappa shape index (κ1) is 13.3. The Morgan fingerprint density at radius 2 is 2.05 bits per heavy atom. The maximum absolute atomic E-state index is 10.5. The summed E-state index contributed by atoms with van der Waals surface area (Å²) in [6.07, 6.45) is 3.98. The molecule has 2 heterocycles. The summed E-state index contributed by atoms with van der Waals surface area (Å²) in [5.74, 6) is -0.880. The average Bonchev–Trinajstić information content (AvgIpc) is 3.07. The third-order valence-corrected chi connectivity index (χ3v) is 4.75. The van der Waals surface area contributed by atoms with E-state index < -0.39 is 5.97 Å². The van der Waals surface area contributed by atoms with Crippen LogP contribution in [-0.2, 0) is 9.53 Å². The smallest absolute Gasteiger partial charge is 0.329 e. The van der Waals surface area contributed by atoms with Crippen LogP contribution in [0.4, 0.5) is 0 Å². The molecule has 5 heteroatoms. The fourth-order valence-electron chi connectivity index (χ4n) is 3.61. The fraction of sp³-hybridized carbons (Fsp3) is 0.929. The number of likely N-dealkylation sites (tertiary alicyclic amines) is 2. The zero-order chi connectivity index (χ0) is 13.6. The van der Waals surface area contributed by atoms with Gasteiger partial charge in [0, 0.05) is 37.8 Å². The van der Waals surface area contributed by atoms with Gasteiger partial charge in [-0.1, -0.05) is 0 Å². The molecule has 3 rings (SSSR count). The van der Waals surface area contributed by atoms with Crippen molar-refractivity contribution in [3.8, 4) is 0 Å². The summed E-state index contributed by atoms with van der Waals surface area (Å²) in [6.45, 7) is 7.09. The van der Waals surface area contributed by atoms with Crippen molar-refractivity contribution in [2.75, 3.05) is 26.2 Å². The van der Waals surface area contributed by atoms with Crippen LogP contribution < -0.4 is 0 Å². The lowest BCUT2D eigenvalue weighted by Gasteiger charge is -2.50. The predicted octanol–water partition coefficient (Wildman–Crippen LogP) is 0.787. The van der Waals surface area contributed by atoms with Gasteiger partial charge in [-0.3, -0.25) is 9.80 Å². The molecule has 0 aromatic heterocycles. The van der Waals surface area contributed by atoms with Gasteiger partial charge in [-0.25, -0.2) is 4.79 Å². The Morgan fingerprint density at radius 1 is 1.37 bits per heavy atom. The molecule has 2 unspecified atom stereocenters. The number of hydrogen-bond acceptors (Lipinski definition) is 4. The zero-order valence-corrected chi connectivity index (χ0v) is 11.8. The lowest BCUT2D eigenvalue weighted by atomic mass is 9.93. The van der Waals surface area contributed by atoms with Crippen molar-refractivity contribution in [2.45, 2.75) is 56.8 Å². The van der Waals surface area contributed by atoms with E-state index >= 15 is 0 Å². The van der Waals surface area contributed by atoms with Gasteiger partial charge in [-0.15, -0.1) is 0 Å². The van der Waals surface area contributed by atoms with Crippen molar-refractivity contribution in [3.05, 3.63) is 0 Å². The SMILES string of the molecule is CC1CC(N2CC(C)(OCC(=O)O)C2)CN1C1CC1. The van der Waals surface area contributed by atoms with Crippen LogP contribution in [0.3, 0.4) is 0 Å². The first-order valence-corrected chi connectivity index (χ1v) is 7.32. The van der Waals surface area contributed by atoms with Gasteiger partial charge in [0.2, 0.25) is 0 Å². The zero-order valence-electron chi connectivity index (χ0n) is 11.8. The summed E-state index contributed by atoms with van der Waals surface area (Å²) < 4.78 is 5.48. The molecule has 0 amide bonds. The van der Waals surface area contributed by atoms with Crippen LogP contribution in [0.1, 0.15) is 33.1 Å². The Kier molecular flexibility index (Phi) is 3.31. The number of aliphatic carboxylic acids is 1. The molecule has 2 atom stereocenters. The Bertz CT molecular complexity index is 364. The van der Waals surface area contributed by atoms with Crippen molar-refractivity contribution in [3.63, 3.8) is 0 Å². The van der Waals surface area contributed by atoms with Gasteiger partial charge < -0.3 is 9.84 Å². The highest BCUT2D eigenvalue weighted by Gasteiger charge is 2.47. The number of rotatable bonds is 5. The van der Waals surface area contributed by atoms with Crippen LogP contribution in [0.5, 0.6) is 0 Å². The Hall–Kier alpha value is -0.650. The monoisotopic (exact) mass is 268 g/mol. The van der Waals surface area contributed by atoms with Crippen molar-refractivity contribution < 1.29 is 14.6 Å². The van der Waals surface area contributed by atoms with E-state index in [-0.39, 0.29) is 12.2 Å². The van der Waals surface area contributed by atoms with Crippen molar-refractivity contribution in [2.24, 2.45) is 0 Å². The van der Waals surface area contributed by atoms with Crippen LogP contribution in [0.25, 0.3) is 0 Å². The molecule has 2 saturated heterocycles. The number of nitrogens with zero attached hydrogens (tertiary/aromatic N) is 2. The van der Waals surface area contributed by atoms with Gasteiger partial charge in [-0.05, 0) is 33.1 Å². The molecule has 0 aromatic rings. The first-order valence-electron chi connectivity index (χ1n) is 7.32. The molecular weight excluding hydrogens is 244 g/mol. The van der Waals surface area contributed by atoms with Crippen molar-refractivity contribution in [1.82, 2.24) is 9.80 Å². The largest absolute Gasteiger partial charge is 0.480 e. The highest BCUT2D eigenvalue weighted by molar-refractivity contribution is 5.68. The fourth-order valence-corrected chi connectivity index (χ4v) is 3.61. The van der Waals surface area contributed by atoms with E-state index in [1.54, 1.807) is 0 Å². The molecule has 0 bridgehead atoms. The molecule has 5 nitrogen and oxygen atoms in total. The molecular formula is C14H24N2O3. The molecule has 1 aliphatic carbocycles. The third-order valence-electron chi connectivity index (χ3n) is 4.75. The third kappa shape index (κ3) is 2.78. The van der Waals surface area contributed by atoms with E-state index in [9.17, 15) is 4.79 Å². The van der Waals surface area contributed by atoms with Crippen LogP contribution in [0.2, 0.25) is 0 Å². The highest BCUT2D eigenvalue weighted by atomic mass is 16.5. The van der Waals surface area contributed by atoms with Gasteiger partial charge in [0.05, 0.1) is 5.60 Å². The van der Waals surface area contributed by atoms with E-state index in [1.165, 1.54) is 25.8 Å². The molecule has 108 valence electrons. The number of carboxylic acids is 1. The highest BCUT2D eigenvalue weighted by Crippen LogP contribution is 2.37. The number of hydrogen-bond donors (Lipinski definition) is 1. The second-order valence-electron chi connectivity index (χ2n) is 6.70. The normalized spacial score (nSPS) is 35.3. The molecule has 3 fully saturated rings. The van der Waals surface area contributed by atoms with Crippen LogP contribution in [0.15, 0.2) is 0 Å². The number of carbonyl (C=O) groups is 1. The predicted molar refractivity (Wildman–Crippen MR) is 71.2 cm³/mol. The Morgan fingerprint density at radius 3 is 2.63 bits per heavy atom. The minimum Gasteiger partial charge on any atom is -0.480 e. The second-order valence-corrected chi connectivity index (χ2v) is 6.70. The lowest BCUT2D eigenvalue weighted by molar-refractivity contribution is -0.169. The van der Waals surface area contributed by atoms with Gasteiger partial charge in [0.15, 0.2) is 0 Å². The molecule has 2 aliphatic heterocycles. The molecule has 19 heavy (non-hydrogen) atoms. The van der Waals surface area contributed by atoms with E-state index in [0.717, 1.165) is 19.1 Å². The minimum atomic E-state index is -0.880. The summed E-state index contributed by atoms with van der Waals surface area (Å²) in [5, 5.41) is 8.67. The van der Waals surface area contributed by atoms with Crippen LogP contribution in [0, 0.1) is 0 Å². The van der Waals surface area contributed by atoms with Crippen molar-refractivity contribution >= 4 is 5.97 Å². The summed E-state index contributed by atoms with van der Waals surface area (Å²) in [4.78, 5) is 15.7. The topological polar surface area (TPSA) is 53.0 Å². The van der Waals surface area contributed by atoms with E-state index in [4.69, 9.17) is 9.84 Å². The Balaban J connectivity index is 1.47. The van der Waals surface area contributed by atoms with Crippen LogP contribution in [-0.4, -0.2) is 70.8 Å². The summed E-state index contributed by atoms with van der Waals surface area (Å²) in [5.41, 5.74) is -0.255. The summed E-state index contributed by atoms with van der Waals surface area (Å²) in [6, 6.07) is 2.18. The number of ether oxygens (including phenoxy) is 1. The molecule has 1 N–H and O–H groups in total. The number of carboxylic acid groups (broad SMARTS) is 1. The van der Waals surface area contributed by atoms with Gasteiger partial charge in [0.1, 0.15) is 6.61 Å². The van der Waals surface area contributed by atoms with E-state index in [2.05, 4.69) is 16.7 Å². The average molecular weight is 268 g/mol. The van der Waals surface area contributed by atoms with Crippen LogP contribution >= 0.6 is 0 Å². The summed E-state index contributed by atoms with van der Waals surface area (Å²) in [7, 11) is 0.